The Bertz CT molecular complexity index is 1310. The molecule has 0 spiro atoms. The molecule has 0 aliphatic rings. The summed E-state index contributed by atoms with van der Waals surface area (Å²) in [5.41, 5.74) is 0. The van der Waals surface area contributed by atoms with Crippen LogP contribution < -0.4 is 4.89 Å². The van der Waals surface area contributed by atoms with Gasteiger partial charge in [0.15, 0.2) is 0 Å². The maximum atomic E-state index is 12.7. The predicted octanol–water partition coefficient (Wildman–Crippen LogP) is 14.4. The number of unbranched alkanes of at least 4 members (excludes halogenated alkanes) is 14. The number of quaternary nitrogens is 1. The molecule has 8 nitrogen and oxygen atoms in total. The first-order chi connectivity index (χ1) is 30.1. The number of hydrogen-bond acceptors (Lipinski definition) is 7. The highest BCUT2D eigenvalue weighted by molar-refractivity contribution is 7.45. The zero-order valence-corrected chi connectivity index (χ0v) is 41.2. The molecule has 62 heavy (non-hydrogen) atoms. The summed E-state index contributed by atoms with van der Waals surface area (Å²) >= 11 is 0. The smallest absolute Gasteiger partial charge is 0.306 e. The largest absolute Gasteiger partial charge is 0.756 e. The van der Waals surface area contributed by atoms with E-state index in [-0.39, 0.29) is 32.2 Å². The fraction of sp³-hybridized carbons (Fsp3) is 0.679. The van der Waals surface area contributed by atoms with E-state index in [4.69, 9.17) is 18.5 Å². The number of nitrogens with zero attached hydrogens (tertiary/aromatic N) is 1. The van der Waals surface area contributed by atoms with Gasteiger partial charge < -0.3 is 27.9 Å². The predicted molar refractivity (Wildman–Crippen MR) is 263 cm³/mol. The van der Waals surface area contributed by atoms with Crippen molar-refractivity contribution in [2.24, 2.45) is 0 Å². The van der Waals surface area contributed by atoms with Crippen molar-refractivity contribution < 1.29 is 37.3 Å². The van der Waals surface area contributed by atoms with Gasteiger partial charge in [-0.2, -0.15) is 0 Å². The molecular formula is C53H92NO7P. The summed E-state index contributed by atoms with van der Waals surface area (Å²) in [4.78, 5) is 25.1. The first-order valence-corrected chi connectivity index (χ1v) is 25.9. The molecule has 0 aromatic rings. The molecule has 0 radical (unpaired) electrons. The summed E-state index contributed by atoms with van der Waals surface area (Å²) in [7, 11) is 1.31. The normalized spacial score (nSPS) is 14.5. The lowest BCUT2D eigenvalue weighted by Crippen LogP contribution is -2.37. The van der Waals surface area contributed by atoms with Crippen LogP contribution in [0.5, 0.6) is 0 Å². The first-order valence-electron chi connectivity index (χ1n) is 24.5. The van der Waals surface area contributed by atoms with E-state index >= 15 is 0 Å². The lowest BCUT2D eigenvalue weighted by Gasteiger charge is -2.28. The molecule has 9 heteroatoms. The van der Waals surface area contributed by atoms with Gasteiger partial charge in [-0.3, -0.25) is 9.36 Å². The summed E-state index contributed by atoms with van der Waals surface area (Å²) in [5, 5.41) is 0. The van der Waals surface area contributed by atoms with Crippen LogP contribution >= 0.6 is 7.82 Å². The Labute approximate surface area is 381 Å². The van der Waals surface area contributed by atoms with Crippen LogP contribution in [0.25, 0.3) is 0 Å². The van der Waals surface area contributed by atoms with Gasteiger partial charge in [0.05, 0.1) is 34.4 Å². The van der Waals surface area contributed by atoms with E-state index in [1.807, 2.05) is 21.1 Å². The van der Waals surface area contributed by atoms with Crippen molar-refractivity contribution in [3.05, 3.63) is 97.2 Å². The van der Waals surface area contributed by atoms with Crippen molar-refractivity contribution in [2.45, 2.75) is 180 Å². The average molecular weight is 886 g/mol. The Morgan fingerprint density at radius 2 is 0.935 bits per heavy atom. The molecule has 0 aromatic heterocycles. The first kappa shape index (κ1) is 59.4. The Hall–Kier alpha value is -2.58. The van der Waals surface area contributed by atoms with Gasteiger partial charge in [-0.05, 0) is 96.3 Å². The van der Waals surface area contributed by atoms with E-state index in [1.165, 1.54) is 57.8 Å². The Balaban J connectivity index is 4.31. The molecule has 2 unspecified atom stereocenters. The molecule has 0 aliphatic carbocycles. The fourth-order valence-electron chi connectivity index (χ4n) is 6.11. The summed E-state index contributed by atoms with van der Waals surface area (Å²) < 4.78 is 34.6. The maximum Gasteiger partial charge on any atom is 0.306 e. The standard InChI is InChI=1S/C53H92NO7P/c1-6-8-10-12-14-16-18-20-22-24-25-26-27-28-29-30-31-33-35-37-39-41-43-45-48-58-50-52(51-60-62(56,57)59-49-47-54(3,4)5)61-53(55)46-44-42-40-38-36-34-32-23-21-19-17-15-13-11-9-7-2/h8,10,14,16,20,22-23,25-26,28-29,31-33,37,39,52H,6-7,9,11-13,15,17-19,21,24,27,30,34-36,38,40-51H2,1-5H3/b10-8-,16-14-,22-20-,26-25-,29-28-,32-23-,33-31-,39-37-. The number of ether oxygens (including phenoxy) is 2. The summed E-state index contributed by atoms with van der Waals surface area (Å²) in [6.07, 6.45) is 61.5. The van der Waals surface area contributed by atoms with Crippen molar-refractivity contribution in [1.29, 1.82) is 0 Å². The minimum Gasteiger partial charge on any atom is -0.756 e. The van der Waals surface area contributed by atoms with Gasteiger partial charge >= 0.3 is 5.97 Å². The molecule has 0 aliphatic heterocycles. The van der Waals surface area contributed by atoms with Gasteiger partial charge in [-0.15, -0.1) is 0 Å². The third-order valence-electron chi connectivity index (χ3n) is 9.87. The molecule has 356 valence electrons. The molecule has 0 saturated heterocycles. The number of carbonyl (C=O) groups excluding carboxylic acids is 1. The SMILES string of the molecule is CC/C=C\C/C=C\C/C=C\C/C=C\C/C=C\C/C=C\C/C=C\CCCCOCC(COP(=O)([O-])OCC[N+](C)(C)C)OC(=O)CCCCCCC/C=C\CCCCCCCCC. The summed E-state index contributed by atoms with van der Waals surface area (Å²) in [6.45, 7) is 5.15. The number of hydrogen-bond donors (Lipinski definition) is 0. The van der Waals surface area contributed by atoms with E-state index in [2.05, 4.69) is 111 Å². The molecule has 0 heterocycles. The van der Waals surface area contributed by atoms with Crippen LogP contribution in [-0.4, -0.2) is 70.7 Å². The zero-order valence-electron chi connectivity index (χ0n) is 40.3. The number of esters is 1. The van der Waals surface area contributed by atoms with Gasteiger partial charge in [-0.1, -0.05) is 169 Å². The second-order valence-corrected chi connectivity index (χ2v) is 18.5. The number of allylic oxidation sites excluding steroid dienone is 16. The van der Waals surface area contributed by atoms with Gasteiger partial charge in [0, 0.05) is 13.0 Å². The molecule has 0 N–H and O–H groups in total. The van der Waals surface area contributed by atoms with Gasteiger partial charge in [-0.25, -0.2) is 0 Å². The highest BCUT2D eigenvalue weighted by Crippen LogP contribution is 2.38. The van der Waals surface area contributed by atoms with E-state index in [0.29, 0.717) is 17.6 Å². The number of likely N-dealkylation sites (N-methyl/N-ethyl adjacent to an activating group) is 1. The van der Waals surface area contributed by atoms with Crippen molar-refractivity contribution in [1.82, 2.24) is 0 Å². The van der Waals surface area contributed by atoms with Gasteiger partial charge in [0.2, 0.25) is 0 Å². The third-order valence-corrected chi connectivity index (χ3v) is 10.8. The minimum absolute atomic E-state index is 0.0105. The van der Waals surface area contributed by atoms with Crippen molar-refractivity contribution in [2.75, 3.05) is 54.1 Å². The molecule has 2 atom stereocenters. The number of carbonyl (C=O) groups is 1. The van der Waals surface area contributed by atoms with Crippen molar-refractivity contribution in [3.63, 3.8) is 0 Å². The van der Waals surface area contributed by atoms with Crippen LogP contribution in [0.1, 0.15) is 174 Å². The molecule has 0 fully saturated rings. The van der Waals surface area contributed by atoms with Crippen molar-refractivity contribution >= 4 is 13.8 Å². The van der Waals surface area contributed by atoms with Crippen LogP contribution in [0.15, 0.2) is 97.2 Å². The fourth-order valence-corrected chi connectivity index (χ4v) is 6.84. The number of phosphoric ester groups is 1. The average Bonchev–Trinajstić information content (AvgIpc) is 3.23. The number of phosphoric acid groups is 1. The highest BCUT2D eigenvalue weighted by atomic mass is 31.2. The molecule has 0 rings (SSSR count). The zero-order chi connectivity index (χ0) is 45.5. The van der Waals surface area contributed by atoms with E-state index in [0.717, 1.165) is 96.3 Å². The molecule has 0 aromatic carbocycles. The Morgan fingerprint density at radius 1 is 0.516 bits per heavy atom. The lowest BCUT2D eigenvalue weighted by molar-refractivity contribution is -0.870. The van der Waals surface area contributed by atoms with E-state index in [1.54, 1.807) is 0 Å². The second-order valence-electron chi connectivity index (χ2n) is 17.1. The highest BCUT2D eigenvalue weighted by Gasteiger charge is 2.20. The molecule has 0 amide bonds. The van der Waals surface area contributed by atoms with Crippen LogP contribution in [0.3, 0.4) is 0 Å². The van der Waals surface area contributed by atoms with E-state index < -0.39 is 13.9 Å². The van der Waals surface area contributed by atoms with Crippen molar-refractivity contribution in [3.8, 4) is 0 Å². The van der Waals surface area contributed by atoms with E-state index in [9.17, 15) is 14.3 Å². The third kappa shape index (κ3) is 48.5. The van der Waals surface area contributed by atoms with Crippen LogP contribution in [0.4, 0.5) is 0 Å². The maximum absolute atomic E-state index is 12.7. The Morgan fingerprint density at radius 3 is 1.42 bits per heavy atom. The van der Waals surface area contributed by atoms with Crippen LogP contribution in [0, 0.1) is 0 Å². The molecule has 0 saturated carbocycles. The Kier molecular flexibility index (Phi) is 43.1. The lowest BCUT2D eigenvalue weighted by atomic mass is 10.1. The minimum atomic E-state index is -4.55. The number of rotatable bonds is 44. The second kappa shape index (κ2) is 45.0. The van der Waals surface area contributed by atoms with Gasteiger partial charge in [0.25, 0.3) is 7.82 Å². The molecule has 0 bridgehead atoms. The topological polar surface area (TPSA) is 94.1 Å². The monoisotopic (exact) mass is 886 g/mol. The summed E-state index contributed by atoms with van der Waals surface area (Å²) in [6, 6.07) is 0. The quantitative estimate of drug-likeness (QED) is 0.0198. The molecular weight excluding hydrogens is 794 g/mol. The summed E-state index contributed by atoms with van der Waals surface area (Å²) in [5.74, 6) is -0.362. The van der Waals surface area contributed by atoms with Crippen LogP contribution in [-0.2, 0) is 27.9 Å². The van der Waals surface area contributed by atoms with Gasteiger partial charge in [0.1, 0.15) is 19.3 Å². The van der Waals surface area contributed by atoms with Crippen LogP contribution in [0.2, 0.25) is 0 Å².